The fourth-order valence-electron chi connectivity index (χ4n) is 10.6. The van der Waals surface area contributed by atoms with Gasteiger partial charge >= 0.3 is 0 Å². The van der Waals surface area contributed by atoms with Crippen LogP contribution in [0.2, 0.25) is 0 Å². The monoisotopic (exact) mass is 1040 g/mol. The maximum absolute atomic E-state index is 12.5. The minimum absolute atomic E-state index is 0.0710. The topological polar surface area (TPSA) is 69.6 Å². The summed E-state index contributed by atoms with van der Waals surface area (Å²) in [4.78, 5) is 12.5. The Kier molecular flexibility index (Phi) is 64.2. The molecule has 3 N–H and O–H groups in total. The van der Waals surface area contributed by atoms with Crippen LogP contribution in [0, 0.1) is 0 Å². The molecule has 0 aromatic heterocycles. The molecule has 0 rings (SSSR count). The number of carbonyl (C=O) groups is 1. The Balaban J connectivity index is 3.47. The van der Waals surface area contributed by atoms with E-state index < -0.39 is 12.1 Å². The molecule has 0 heterocycles. The number of aliphatic hydroxyl groups excluding tert-OH is 2. The average Bonchev–Trinajstić information content (AvgIpc) is 3.40. The molecule has 74 heavy (non-hydrogen) atoms. The number of hydrogen-bond donors (Lipinski definition) is 3. The van der Waals surface area contributed by atoms with Crippen LogP contribution < -0.4 is 5.32 Å². The van der Waals surface area contributed by atoms with Gasteiger partial charge in [0.15, 0.2) is 0 Å². The van der Waals surface area contributed by atoms with E-state index in [-0.39, 0.29) is 12.5 Å². The van der Waals surface area contributed by atoms with Gasteiger partial charge in [-0.05, 0) is 70.6 Å². The van der Waals surface area contributed by atoms with Gasteiger partial charge in [-0.15, -0.1) is 0 Å². The molecule has 0 aromatic carbocycles. The van der Waals surface area contributed by atoms with Crippen molar-refractivity contribution in [3.63, 3.8) is 0 Å². The van der Waals surface area contributed by atoms with Gasteiger partial charge in [0.1, 0.15) is 0 Å². The zero-order chi connectivity index (χ0) is 53.4. The first-order chi connectivity index (χ1) is 36.7. The van der Waals surface area contributed by atoms with Crippen LogP contribution >= 0.6 is 0 Å². The lowest BCUT2D eigenvalue weighted by Crippen LogP contribution is -2.45. The molecule has 2 atom stereocenters. The zero-order valence-corrected chi connectivity index (χ0v) is 50.4. The zero-order valence-electron chi connectivity index (χ0n) is 50.4. The van der Waals surface area contributed by atoms with Gasteiger partial charge in [0.2, 0.25) is 5.91 Å². The molecule has 0 aliphatic heterocycles. The smallest absolute Gasteiger partial charge is 0.220 e. The number of nitrogens with one attached hydrogen (secondary N) is 1. The molecule has 0 aliphatic carbocycles. The Morgan fingerprint density at radius 2 is 0.527 bits per heavy atom. The highest BCUT2D eigenvalue weighted by molar-refractivity contribution is 5.76. The number of carbonyl (C=O) groups excluding carboxylic acids is 1. The van der Waals surface area contributed by atoms with Crippen molar-refractivity contribution < 1.29 is 15.0 Å². The van der Waals surface area contributed by atoms with E-state index in [1.807, 2.05) is 6.08 Å². The van der Waals surface area contributed by atoms with Gasteiger partial charge in [0.25, 0.3) is 0 Å². The van der Waals surface area contributed by atoms with Crippen molar-refractivity contribution in [2.24, 2.45) is 0 Å². The minimum atomic E-state index is -0.871. The normalized spacial score (nSPS) is 13.0. The predicted molar refractivity (Wildman–Crippen MR) is 331 cm³/mol. The third-order valence-corrected chi connectivity index (χ3v) is 15.8. The van der Waals surface area contributed by atoms with Crippen LogP contribution in [0.1, 0.15) is 373 Å². The van der Waals surface area contributed by atoms with Crippen LogP contribution in [0.15, 0.2) is 48.6 Å². The van der Waals surface area contributed by atoms with Gasteiger partial charge in [-0.25, -0.2) is 0 Å². The van der Waals surface area contributed by atoms with Crippen LogP contribution in [-0.4, -0.2) is 34.9 Å². The van der Waals surface area contributed by atoms with Crippen LogP contribution in [0.25, 0.3) is 0 Å². The van der Waals surface area contributed by atoms with E-state index >= 15 is 0 Å². The highest BCUT2D eigenvalue weighted by atomic mass is 16.3. The number of amides is 1. The quantitative estimate of drug-likeness (QED) is 0.0420. The second-order valence-corrected chi connectivity index (χ2v) is 23.2. The summed E-state index contributed by atoms with van der Waals surface area (Å²) >= 11 is 0. The molecule has 0 saturated carbocycles. The summed E-state index contributed by atoms with van der Waals surface area (Å²) in [7, 11) is 0. The summed E-state index contributed by atoms with van der Waals surface area (Å²) in [6.07, 6.45) is 92.0. The first-order valence-electron chi connectivity index (χ1n) is 33.9. The van der Waals surface area contributed by atoms with E-state index in [1.165, 1.54) is 315 Å². The first kappa shape index (κ1) is 72.3. The third kappa shape index (κ3) is 61.2. The van der Waals surface area contributed by atoms with Crippen LogP contribution in [0.5, 0.6) is 0 Å². The summed E-state index contributed by atoms with van der Waals surface area (Å²) < 4.78 is 0. The van der Waals surface area contributed by atoms with Crippen molar-refractivity contribution in [3.05, 3.63) is 48.6 Å². The average molecular weight is 1040 g/mol. The number of hydrogen-bond acceptors (Lipinski definition) is 3. The van der Waals surface area contributed by atoms with Crippen LogP contribution in [0.4, 0.5) is 0 Å². The van der Waals surface area contributed by atoms with Crippen molar-refractivity contribution in [2.45, 2.75) is 386 Å². The van der Waals surface area contributed by atoms with Crippen LogP contribution in [-0.2, 0) is 4.79 Å². The summed E-state index contributed by atoms with van der Waals surface area (Å²) in [6.45, 7) is 4.33. The fourth-order valence-corrected chi connectivity index (χ4v) is 10.6. The van der Waals surface area contributed by atoms with E-state index in [0.29, 0.717) is 6.42 Å². The number of allylic oxidation sites excluding steroid dienone is 7. The van der Waals surface area contributed by atoms with Gasteiger partial charge in [-0.1, -0.05) is 345 Å². The molecule has 1 amide bonds. The van der Waals surface area contributed by atoms with E-state index in [1.54, 1.807) is 6.08 Å². The van der Waals surface area contributed by atoms with E-state index in [4.69, 9.17) is 0 Å². The Bertz CT molecular complexity index is 1170. The molecule has 0 spiro atoms. The number of aliphatic hydroxyl groups is 2. The molecule has 2 unspecified atom stereocenters. The number of rotatable bonds is 63. The Morgan fingerprint density at radius 3 is 0.784 bits per heavy atom. The van der Waals surface area contributed by atoms with Crippen molar-refractivity contribution in [1.82, 2.24) is 5.32 Å². The second-order valence-electron chi connectivity index (χ2n) is 23.2. The molecule has 0 bridgehead atoms. The molecule has 0 saturated heterocycles. The molecule has 436 valence electrons. The maximum Gasteiger partial charge on any atom is 0.220 e. The number of unbranched alkanes of at least 4 members (excludes halogenated alkanes) is 50. The fraction of sp³-hybridized carbons (Fsp3) is 0.871. The Hall–Kier alpha value is -1.65. The standard InChI is InChI=1S/C70H133NO3/c1-3-5-7-9-11-13-15-17-19-21-23-25-27-29-31-32-33-34-35-36-37-38-40-42-44-46-48-50-52-54-56-58-60-62-64-66-70(74)71-68(67-72)69(73)65-63-61-59-57-55-53-51-49-47-45-43-41-39-30-28-26-24-22-20-18-16-14-12-10-8-6-4-2/h21,23,47,49,55,57,63,65,68-69,72-73H,3-20,22,24-46,48,50-54,56,58-62,64,66-67H2,1-2H3,(H,71,74)/b23-21-,49-47+,57-55+,65-63+. The largest absolute Gasteiger partial charge is 0.394 e. The Labute approximate surface area is 464 Å². The molecule has 0 fully saturated rings. The SMILES string of the molecule is CCCCCCCCCC/C=C\CCCCCCCCCCCCCCCCCCCCCCCCCC(=O)NC(CO)C(O)/C=C/CC/C=C/CC/C=C/CCCCCCCCCCCCCCCCCCC. The van der Waals surface area contributed by atoms with E-state index in [9.17, 15) is 15.0 Å². The van der Waals surface area contributed by atoms with Gasteiger partial charge in [-0.2, -0.15) is 0 Å². The van der Waals surface area contributed by atoms with Gasteiger partial charge in [0.05, 0.1) is 18.8 Å². The van der Waals surface area contributed by atoms with Crippen LogP contribution in [0.3, 0.4) is 0 Å². The Morgan fingerprint density at radius 1 is 0.311 bits per heavy atom. The summed E-state index contributed by atoms with van der Waals surface area (Å²) in [5.41, 5.74) is 0. The molecular weight excluding hydrogens is 903 g/mol. The minimum Gasteiger partial charge on any atom is -0.394 e. The lowest BCUT2D eigenvalue weighted by atomic mass is 10.0. The lowest BCUT2D eigenvalue weighted by molar-refractivity contribution is -0.123. The molecule has 4 nitrogen and oxygen atoms in total. The van der Waals surface area contributed by atoms with Crippen molar-refractivity contribution in [1.29, 1.82) is 0 Å². The molecule has 0 aliphatic rings. The van der Waals surface area contributed by atoms with Crippen molar-refractivity contribution in [3.8, 4) is 0 Å². The van der Waals surface area contributed by atoms with Crippen molar-refractivity contribution >= 4 is 5.91 Å². The summed E-state index contributed by atoms with van der Waals surface area (Å²) in [5, 5.41) is 23.2. The highest BCUT2D eigenvalue weighted by Crippen LogP contribution is 2.18. The van der Waals surface area contributed by atoms with E-state index in [2.05, 4.69) is 55.6 Å². The molecule has 0 radical (unpaired) electrons. The molecular formula is C70H133NO3. The highest BCUT2D eigenvalue weighted by Gasteiger charge is 2.18. The summed E-state index contributed by atoms with van der Waals surface area (Å²) in [6, 6.07) is -0.646. The first-order valence-corrected chi connectivity index (χ1v) is 33.9. The predicted octanol–water partition coefficient (Wildman–Crippen LogP) is 22.9. The maximum atomic E-state index is 12.5. The van der Waals surface area contributed by atoms with Gasteiger partial charge < -0.3 is 15.5 Å². The summed E-state index contributed by atoms with van der Waals surface area (Å²) in [5.74, 6) is -0.0710. The third-order valence-electron chi connectivity index (χ3n) is 15.8. The second kappa shape index (κ2) is 65.6. The van der Waals surface area contributed by atoms with Crippen molar-refractivity contribution in [2.75, 3.05) is 6.61 Å². The van der Waals surface area contributed by atoms with Gasteiger partial charge in [0, 0.05) is 6.42 Å². The lowest BCUT2D eigenvalue weighted by Gasteiger charge is -2.19. The molecule has 0 aromatic rings. The molecule has 4 heteroatoms. The van der Waals surface area contributed by atoms with Gasteiger partial charge in [-0.3, -0.25) is 4.79 Å². The van der Waals surface area contributed by atoms with E-state index in [0.717, 1.165) is 38.5 Å².